The van der Waals surface area contributed by atoms with E-state index in [9.17, 15) is 14.4 Å². The van der Waals surface area contributed by atoms with Crippen LogP contribution in [0, 0.1) is 17.8 Å². The zero-order valence-corrected chi connectivity index (χ0v) is 39.1. The normalized spacial score (nSPS) is 13.1. The molecule has 0 aromatic heterocycles. The van der Waals surface area contributed by atoms with E-state index >= 15 is 0 Å². The zero-order valence-electron chi connectivity index (χ0n) is 39.1. The highest BCUT2D eigenvalue weighted by Crippen LogP contribution is 2.18. The van der Waals surface area contributed by atoms with Gasteiger partial charge in [0, 0.05) is 19.3 Å². The molecule has 0 radical (unpaired) electrons. The fourth-order valence-electron chi connectivity index (χ4n) is 7.52. The molecule has 0 aromatic rings. The van der Waals surface area contributed by atoms with E-state index in [0.29, 0.717) is 19.3 Å². The SMILES string of the molecule is CCC(C)CCCCCCCCCCCCCCCCC(=O)O[C@H](COC(=O)CCCCCCCCCCC(C)CC)COC(=O)CCCCCCCCC(C)C. The van der Waals surface area contributed by atoms with Crippen molar-refractivity contribution in [3.63, 3.8) is 0 Å². The van der Waals surface area contributed by atoms with Crippen LogP contribution >= 0.6 is 0 Å². The summed E-state index contributed by atoms with van der Waals surface area (Å²) in [6, 6.07) is 0. The first kappa shape index (κ1) is 55.4. The largest absolute Gasteiger partial charge is 0.462 e. The molecule has 6 heteroatoms. The Bertz CT molecular complexity index is 887. The van der Waals surface area contributed by atoms with Gasteiger partial charge in [-0.3, -0.25) is 14.4 Å². The summed E-state index contributed by atoms with van der Waals surface area (Å²) in [5.74, 6) is 1.64. The third kappa shape index (κ3) is 42.3. The van der Waals surface area contributed by atoms with Crippen molar-refractivity contribution in [1.82, 2.24) is 0 Å². The summed E-state index contributed by atoms with van der Waals surface area (Å²) >= 11 is 0. The van der Waals surface area contributed by atoms with Gasteiger partial charge < -0.3 is 14.2 Å². The van der Waals surface area contributed by atoms with E-state index in [4.69, 9.17) is 14.2 Å². The molecule has 0 saturated carbocycles. The number of ether oxygens (including phenoxy) is 3. The van der Waals surface area contributed by atoms with Gasteiger partial charge in [-0.05, 0) is 37.0 Å². The number of hydrogen-bond donors (Lipinski definition) is 0. The monoisotopic (exact) mass is 807 g/mol. The minimum absolute atomic E-state index is 0.0662. The number of carbonyl (C=O) groups is 3. The van der Waals surface area contributed by atoms with Crippen molar-refractivity contribution in [1.29, 1.82) is 0 Å². The molecule has 0 aliphatic rings. The number of carbonyl (C=O) groups excluding carboxylic acids is 3. The maximum absolute atomic E-state index is 12.8. The predicted molar refractivity (Wildman–Crippen MR) is 243 cm³/mol. The molecule has 2 unspecified atom stereocenters. The summed E-state index contributed by atoms with van der Waals surface area (Å²) in [5, 5.41) is 0. The first-order chi connectivity index (χ1) is 27.7. The molecule has 6 nitrogen and oxygen atoms in total. The van der Waals surface area contributed by atoms with Crippen LogP contribution in [0.15, 0.2) is 0 Å². The standard InChI is InChI=1S/C51H98O6/c1-7-46(5)38-32-26-19-15-13-11-9-10-12-14-16-22-30-36-42-51(54)57-48(44-56-50(53)41-35-29-24-23-25-31-37-45(3)4)43-55-49(52)40-34-28-21-18-17-20-27-33-39-47(6)8-2/h45-48H,7-44H2,1-6H3/t46?,47?,48-/m1/s1. The number of esters is 3. The summed E-state index contributed by atoms with van der Waals surface area (Å²) in [6.45, 7) is 13.7. The van der Waals surface area contributed by atoms with Crippen LogP contribution in [-0.2, 0) is 28.6 Å². The Labute approximate surface area is 355 Å². The third-order valence-electron chi connectivity index (χ3n) is 12.1. The van der Waals surface area contributed by atoms with Gasteiger partial charge in [0.15, 0.2) is 6.10 Å². The molecule has 0 aliphatic heterocycles. The second kappa shape index (κ2) is 42.5. The second-order valence-electron chi connectivity index (χ2n) is 18.4. The van der Waals surface area contributed by atoms with Crippen molar-refractivity contribution in [3.05, 3.63) is 0 Å². The van der Waals surface area contributed by atoms with Gasteiger partial charge in [-0.25, -0.2) is 0 Å². The third-order valence-corrected chi connectivity index (χ3v) is 12.1. The van der Waals surface area contributed by atoms with E-state index in [2.05, 4.69) is 41.5 Å². The smallest absolute Gasteiger partial charge is 0.306 e. The molecule has 0 amide bonds. The van der Waals surface area contributed by atoms with E-state index in [-0.39, 0.29) is 31.1 Å². The molecule has 57 heavy (non-hydrogen) atoms. The molecule has 0 rings (SSSR count). The van der Waals surface area contributed by atoms with Crippen LogP contribution in [0.5, 0.6) is 0 Å². The summed E-state index contributed by atoms with van der Waals surface area (Å²) in [6.07, 6.45) is 40.9. The number of hydrogen-bond acceptors (Lipinski definition) is 6. The maximum Gasteiger partial charge on any atom is 0.306 e. The molecule has 0 aliphatic carbocycles. The second-order valence-corrected chi connectivity index (χ2v) is 18.4. The van der Waals surface area contributed by atoms with Crippen molar-refractivity contribution in [2.75, 3.05) is 13.2 Å². The molecule has 3 atom stereocenters. The van der Waals surface area contributed by atoms with Crippen molar-refractivity contribution in [2.24, 2.45) is 17.8 Å². The lowest BCUT2D eigenvalue weighted by atomic mass is 9.99. The number of rotatable bonds is 44. The van der Waals surface area contributed by atoms with Crippen LogP contribution in [0.1, 0.15) is 273 Å². The average molecular weight is 807 g/mol. The van der Waals surface area contributed by atoms with Crippen molar-refractivity contribution >= 4 is 17.9 Å². The van der Waals surface area contributed by atoms with Crippen molar-refractivity contribution in [2.45, 2.75) is 279 Å². The van der Waals surface area contributed by atoms with Crippen LogP contribution in [-0.4, -0.2) is 37.2 Å². The molecule has 0 spiro atoms. The first-order valence-electron chi connectivity index (χ1n) is 25.2. The van der Waals surface area contributed by atoms with Crippen LogP contribution in [0.2, 0.25) is 0 Å². The van der Waals surface area contributed by atoms with Crippen LogP contribution in [0.25, 0.3) is 0 Å². The molecule has 338 valence electrons. The lowest BCUT2D eigenvalue weighted by molar-refractivity contribution is -0.167. The molecular formula is C51H98O6. The van der Waals surface area contributed by atoms with Gasteiger partial charge in [-0.15, -0.1) is 0 Å². The quantitative estimate of drug-likeness (QED) is 0.0347. The van der Waals surface area contributed by atoms with Gasteiger partial charge in [0.05, 0.1) is 0 Å². The highest BCUT2D eigenvalue weighted by molar-refractivity contribution is 5.71. The van der Waals surface area contributed by atoms with Crippen molar-refractivity contribution < 1.29 is 28.6 Å². The molecule has 0 heterocycles. The molecular weight excluding hydrogens is 709 g/mol. The van der Waals surface area contributed by atoms with Gasteiger partial charge in [-0.2, -0.15) is 0 Å². The summed E-state index contributed by atoms with van der Waals surface area (Å²) < 4.78 is 16.8. The Kier molecular flexibility index (Phi) is 41.3. The van der Waals surface area contributed by atoms with E-state index in [0.717, 1.165) is 75.5 Å². The highest BCUT2D eigenvalue weighted by atomic mass is 16.6. The molecule has 0 bridgehead atoms. The van der Waals surface area contributed by atoms with Gasteiger partial charge in [-0.1, -0.05) is 234 Å². The molecule has 0 fully saturated rings. The van der Waals surface area contributed by atoms with Gasteiger partial charge >= 0.3 is 17.9 Å². The maximum atomic E-state index is 12.8. The summed E-state index contributed by atoms with van der Waals surface area (Å²) in [7, 11) is 0. The minimum Gasteiger partial charge on any atom is -0.462 e. The average Bonchev–Trinajstić information content (AvgIpc) is 3.19. The van der Waals surface area contributed by atoms with Gasteiger partial charge in [0.1, 0.15) is 13.2 Å². The fourth-order valence-corrected chi connectivity index (χ4v) is 7.52. The topological polar surface area (TPSA) is 78.9 Å². The Balaban J connectivity index is 4.28. The Morgan fingerprint density at radius 1 is 0.351 bits per heavy atom. The Hall–Kier alpha value is -1.59. The molecule has 0 saturated heterocycles. The molecule has 0 N–H and O–H groups in total. The van der Waals surface area contributed by atoms with Gasteiger partial charge in [0.2, 0.25) is 0 Å². The summed E-state index contributed by atoms with van der Waals surface area (Å²) in [4.78, 5) is 37.8. The van der Waals surface area contributed by atoms with Gasteiger partial charge in [0.25, 0.3) is 0 Å². The van der Waals surface area contributed by atoms with E-state index in [1.54, 1.807) is 0 Å². The fraction of sp³-hybridized carbons (Fsp3) is 0.941. The lowest BCUT2D eigenvalue weighted by Gasteiger charge is -2.18. The predicted octanol–water partition coefficient (Wildman–Crippen LogP) is 16.0. The van der Waals surface area contributed by atoms with Crippen molar-refractivity contribution in [3.8, 4) is 0 Å². The highest BCUT2D eigenvalue weighted by Gasteiger charge is 2.19. The van der Waals surface area contributed by atoms with E-state index < -0.39 is 6.10 Å². The Morgan fingerprint density at radius 2 is 0.614 bits per heavy atom. The van der Waals surface area contributed by atoms with E-state index in [1.807, 2.05) is 0 Å². The van der Waals surface area contributed by atoms with Crippen LogP contribution in [0.3, 0.4) is 0 Å². The lowest BCUT2D eigenvalue weighted by Crippen LogP contribution is -2.30. The minimum atomic E-state index is -0.763. The van der Waals surface area contributed by atoms with Crippen LogP contribution in [0.4, 0.5) is 0 Å². The first-order valence-corrected chi connectivity index (χ1v) is 25.2. The molecule has 0 aromatic carbocycles. The Morgan fingerprint density at radius 3 is 0.912 bits per heavy atom. The van der Waals surface area contributed by atoms with E-state index in [1.165, 1.54) is 154 Å². The zero-order chi connectivity index (χ0) is 42.0. The summed E-state index contributed by atoms with van der Waals surface area (Å²) in [5.41, 5.74) is 0. The number of unbranched alkanes of at least 4 members (excludes halogenated alkanes) is 25. The van der Waals surface area contributed by atoms with Crippen LogP contribution < -0.4 is 0 Å².